The van der Waals surface area contributed by atoms with Crippen molar-refractivity contribution in [2.24, 2.45) is 0 Å². The summed E-state index contributed by atoms with van der Waals surface area (Å²) in [5.41, 5.74) is 1.20. The molecular formula is C22H20N4O5S2. The molecule has 0 fully saturated rings. The van der Waals surface area contributed by atoms with E-state index in [0.717, 1.165) is 16.9 Å². The number of hydrogen-bond donors (Lipinski definition) is 1. The van der Waals surface area contributed by atoms with Crippen LogP contribution in [-0.4, -0.2) is 37.6 Å². The first-order valence-electron chi connectivity index (χ1n) is 9.67. The van der Waals surface area contributed by atoms with Crippen LogP contribution >= 0.6 is 11.3 Å². The van der Waals surface area contributed by atoms with Gasteiger partial charge in [-0.2, -0.15) is 0 Å². The molecule has 0 unspecified atom stereocenters. The number of hydrogen-bond acceptors (Lipinski definition) is 9. The molecule has 0 aliphatic carbocycles. The molecule has 1 aromatic carbocycles. The summed E-state index contributed by atoms with van der Waals surface area (Å²) in [6.07, 6.45) is 4.53. The summed E-state index contributed by atoms with van der Waals surface area (Å²) >= 11 is 1.05. The Balaban J connectivity index is 1.86. The predicted molar refractivity (Wildman–Crippen MR) is 125 cm³/mol. The van der Waals surface area contributed by atoms with Gasteiger partial charge in [-0.3, -0.25) is 9.71 Å². The molecule has 3 aromatic heterocycles. The minimum Gasteiger partial charge on any atom is -0.493 e. The monoisotopic (exact) mass is 484 g/mol. The number of sulfonamides is 1. The van der Waals surface area contributed by atoms with Crippen LogP contribution in [0.25, 0.3) is 11.3 Å². The zero-order valence-corrected chi connectivity index (χ0v) is 19.6. The molecule has 0 radical (unpaired) electrons. The van der Waals surface area contributed by atoms with Gasteiger partial charge in [-0.15, -0.1) is 11.3 Å². The highest BCUT2D eigenvalue weighted by atomic mass is 32.2. The molecule has 0 amide bonds. The zero-order valence-electron chi connectivity index (χ0n) is 18.0. The van der Waals surface area contributed by atoms with Gasteiger partial charge in [0.15, 0.2) is 27.3 Å². The number of nitrogens with one attached hydrogen (secondary N) is 1. The third kappa shape index (κ3) is 4.89. The fraction of sp³-hybridized carbons (Fsp3) is 0.136. The van der Waals surface area contributed by atoms with Crippen LogP contribution in [0.1, 0.15) is 5.01 Å². The Morgan fingerprint density at radius 2 is 1.67 bits per heavy atom. The Morgan fingerprint density at radius 1 is 0.970 bits per heavy atom. The maximum atomic E-state index is 13.1. The highest BCUT2D eigenvalue weighted by Gasteiger charge is 2.25. The Labute approximate surface area is 195 Å². The Kier molecular flexibility index (Phi) is 6.43. The second-order valence-corrected chi connectivity index (χ2v) is 9.82. The molecule has 1 N–H and O–H groups in total. The molecule has 0 bridgehead atoms. The number of aryl methyl sites for hydroxylation is 1. The average molecular weight is 485 g/mol. The van der Waals surface area contributed by atoms with E-state index in [0.29, 0.717) is 22.2 Å². The molecule has 170 valence electrons. The van der Waals surface area contributed by atoms with Gasteiger partial charge < -0.3 is 14.2 Å². The van der Waals surface area contributed by atoms with Crippen molar-refractivity contribution < 1.29 is 22.6 Å². The van der Waals surface area contributed by atoms with E-state index in [-0.39, 0.29) is 21.5 Å². The van der Waals surface area contributed by atoms with E-state index >= 15 is 0 Å². The highest BCUT2D eigenvalue weighted by molar-refractivity contribution is 7.94. The number of methoxy groups -OCH3 is 2. The molecule has 0 saturated carbocycles. The largest absolute Gasteiger partial charge is 0.493 e. The van der Waals surface area contributed by atoms with Crippen LogP contribution in [0.3, 0.4) is 0 Å². The minimum absolute atomic E-state index is 0.0434. The van der Waals surface area contributed by atoms with Crippen molar-refractivity contribution in [1.29, 1.82) is 0 Å². The van der Waals surface area contributed by atoms with E-state index in [2.05, 4.69) is 19.7 Å². The summed E-state index contributed by atoms with van der Waals surface area (Å²) in [7, 11) is -1.00. The lowest BCUT2D eigenvalue weighted by atomic mass is 10.1. The number of anilines is 1. The summed E-state index contributed by atoms with van der Waals surface area (Å²) in [5, 5.41) is 0.622. The van der Waals surface area contributed by atoms with Crippen LogP contribution in [-0.2, 0) is 10.0 Å². The van der Waals surface area contributed by atoms with Crippen LogP contribution in [0.2, 0.25) is 0 Å². The van der Waals surface area contributed by atoms with E-state index in [4.69, 9.17) is 14.2 Å². The molecule has 0 aliphatic heterocycles. The lowest BCUT2D eigenvalue weighted by Crippen LogP contribution is -2.14. The second-order valence-electron chi connectivity index (χ2n) is 6.68. The fourth-order valence-electron chi connectivity index (χ4n) is 2.96. The molecule has 4 aromatic rings. The molecule has 0 aliphatic rings. The summed E-state index contributed by atoms with van der Waals surface area (Å²) < 4.78 is 45.7. The molecule has 9 nitrogen and oxygen atoms in total. The van der Waals surface area contributed by atoms with E-state index in [1.54, 1.807) is 61.8 Å². The number of nitrogens with zero attached hydrogens (tertiary/aromatic N) is 3. The van der Waals surface area contributed by atoms with Crippen LogP contribution in [0.5, 0.6) is 23.0 Å². The van der Waals surface area contributed by atoms with Gasteiger partial charge in [-0.05, 0) is 31.2 Å². The quantitative estimate of drug-likeness (QED) is 0.388. The molecule has 0 atom stereocenters. The summed E-state index contributed by atoms with van der Waals surface area (Å²) in [6, 6.07) is 12.2. The topological polar surface area (TPSA) is 113 Å². The van der Waals surface area contributed by atoms with Gasteiger partial charge in [-0.1, -0.05) is 12.1 Å². The first kappa shape index (κ1) is 22.5. The number of thiazole rings is 1. The number of pyridine rings is 2. The first-order chi connectivity index (χ1) is 15.9. The number of ether oxygens (including phenoxy) is 3. The van der Waals surface area contributed by atoms with Gasteiger partial charge >= 0.3 is 0 Å². The Hall–Kier alpha value is -3.70. The standard InChI is InChI=1S/C22H20N4O5S2/c1-14-24-13-20(32-14)33(27,28)26-22-21(31-18-7-5-4-6-17(18)29-2)19(30-3)12-16(25-22)15-8-10-23-11-9-15/h4-13H,1-3H3,(H,25,26). The second kappa shape index (κ2) is 9.43. The molecule has 0 spiro atoms. The fourth-order valence-corrected chi connectivity index (χ4v) is 5.07. The smallest absolute Gasteiger partial charge is 0.274 e. The third-order valence-corrected chi connectivity index (χ3v) is 7.22. The van der Waals surface area contributed by atoms with Crippen LogP contribution in [0.4, 0.5) is 5.82 Å². The van der Waals surface area contributed by atoms with Crippen molar-refractivity contribution in [2.75, 3.05) is 18.9 Å². The average Bonchev–Trinajstić information content (AvgIpc) is 3.28. The Bertz CT molecular complexity index is 1370. The van der Waals surface area contributed by atoms with Gasteiger partial charge in [0, 0.05) is 24.0 Å². The van der Waals surface area contributed by atoms with Crippen LogP contribution in [0, 0.1) is 6.92 Å². The van der Waals surface area contributed by atoms with E-state index in [1.165, 1.54) is 20.4 Å². The maximum absolute atomic E-state index is 13.1. The number of rotatable bonds is 8. The molecule has 0 saturated heterocycles. The molecular weight excluding hydrogens is 464 g/mol. The summed E-state index contributed by atoms with van der Waals surface area (Å²) in [6.45, 7) is 1.73. The lowest BCUT2D eigenvalue weighted by Gasteiger charge is -2.18. The van der Waals surface area contributed by atoms with Gasteiger partial charge in [0.1, 0.15) is 0 Å². The summed E-state index contributed by atoms with van der Waals surface area (Å²) in [5.74, 6) is 1.15. The number of aromatic nitrogens is 3. The van der Waals surface area contributed by atoms with Crippen molar-refractivity contribution in [3.8, 4) is 34.3 Å². The van der Waals surface area contributed by atoms with Gasteiger partial charge in [0.2, 0.25) is 5.75 Å². The third-order valence-electron chi connectivity index (χ3n) is 4.51. The minimum atomic E-state index is -3.98. The van der Waals surface area contributed by atoms with Crippen molar-refractivity contribution in [2.45, 2.75) is 11.1 Å². The number of para-hydroxylation sites is 2. The molecule has 11 heteroatoms. The summed E-state index contributed by atoms with van der Waals surface area (Å²) in [4.78, 5) is 12.6. The van der Waals surface area contributed by atoms with Crippen LogP contribution in [0.15, 0.2) is 65.3 Å². The lowest BCUT2D eigenvalue weighted by molar-refractivity contribution is 0.357. The predicted octanol–water partition coefficient (Wildman–Crippen LogP) is 4.52. The normalized spacial score (nSPS) is 11.1. The maximum Gasteiger partial charge on any atom is 0.274 e. The molecule has 33 heavy (non-hydrogen) atoms. The zero-order chi connectivity index (χ0) is 23.4. The van der Waals surface area contributed by atoms with Crippen molar-refractivity contribution in [3.63, 3.8) is 0 Å². The van der Waals surface area contributed by atoms with Crippen LogP contribution < -0.4 is 18.9 Å². The Morgan fingerprint density at radius 3 is 2.30 bits per heavy atom. The SMILES string of the molecule is COc1ccccc1Oc1c(OC)cc(-c2ccncc2)nc1NS(=O)(=O)c1cnc(C)s1. The van der Waals surface area contributed by atoms with E-state index in [9.17, 15) is 8.42 Å². The molecule has 3 heterocycles. The highest BCUT2D eigenvalue weighted by Crippen LogP contribution is 2.43. The van der Waals surface area contributed by atoms with E-state index < -0.39 is 10.0 Å². The van der Waals surface area contributed by atoms with Gasteiger partial charge in [-0.25, -0.2) is 18.4 Å². The van der Waals surface area contributed by atoms with Gasteiger partial charge in [0.25, 0.3) is 10.0 Å². The van der Waals surface area contributed by atoms with Crippen molar-refractivity contribution in [1.82, 2.24) is 15.0 Å². The van der Waals surface area contributed by atoms with Gasteiger partial charge in [0.05, 0.1) is 31.1 Å². The molecule has 4 rings (SSSR count). The van der Waals surface area contributed by atoms with Crippen molar-refractivity contribution in [3.05, 3.63) is 66.1 Å². The number of benzene rings is 1. The first-order valence-corrected chi connectivity index (χ1v) is 12.0. The van der Waals surface area contributed by atoms with E-state index in [1.807, 2.05) is 0 Å². The van der Waals surface area contributed by atoms with Crippen molar-refractivity contribution >= 4 is 27.2 Å².